The van der Waals surface area contributed by atoms with Gasteiger partial charge in [-0.2, -0.15) is 11.8 Å². The number of amides is 1. The second kappa shape index (κ2) is 9.51. The van der Waals surface area contributed by atoms with E-state index in [4.69, 9.17) is 5.11 Å². The van der Waals surface area contributed by atoms with Gasteiger partial charge < -0.3 is 10.4 Å². The first kappa shape index (κ1) is 15.3. The third-order valence-corrected chi connectivity index (χ3v) is 2.90. The van der Waals surface area contributed by atoms with Gasteiger partial charge in [-0.1, -0.05) is 19.8 Å². The Hall–Kier alpha value is -0.710. The molecular formula is C11H21NO3S. The Balaban J connectivity index is 3.88. The number of carboxylic acid groups (broad SMARTS) is 1. The van der Waals surface area contributed by atoms with Gasteiger partial charge in [-0.05, 0) is 24.9 Å². The molecule has 0 rings (SSSR count). The Bertz CT molecular complexity index is 221. The maximum atomic E-state index is 11.4. The van der Waals surface area contributed by atoms with E-state index in [1.165, 1.54) is 0 Å². The van der Waals surface area contributed by atoms with Crippen LogP contribution in [-0.4, -0.2) is 35.0 Å². The van der Waals surface area contributed by atoms with Crippen LogP contribution in [0.2, 0.25) is 0 Å². The van der Waals surface area contributed by atoms with Crippen LogP contribution in [0.25, 0.3) is 0 Å². The van der Waals surface area contributed by atoms with Crippen molar-refractivity contribution in [3.05, 3.63) is 0 Å². The quantitative estimate of drug-likeness (QED) is 0.611. The van der Waals surface area contributed by atoms with Gasteiger partial charge in [0, 0.05) is 6.42 Å². The number of hydrogen-bond donors (Lipinski definition) is 2. The zero-order valence-electron chi connectivity index (χ0n) is 9.99. The molecule has 0 heterocycles. The summed E-state index contributed by atoms with van der Waals surface area (Å²) < 4.78 is 0. The molecule has 0 saturated carbocycles. The summed E-state index contributed by atoms with van der Waals surface area (Å²) in [4.78, 5) is 22.3. The van der Waals surface area contributed by atoms with Gasteiger partial charge in [0.05, 0.1) is 0 Å². The highest BCUT2D eigenvalue weighted by Crippen LogP contribution is 2.03. The summed E-state index contributed by atoms with van der Waals surface area (Å²) in [5.74, 6) is -0.355. The number of carbonyl (C=O) groups is 2. The summed E-state index contributed by atoms with van der Waals surface area (Å²) in [7, 11) is 0. The fraction of sp³-hybridized carbons (Fsp3) is 0.818. The van der Waals surface area contributed by atoms with Gasteiger partial charge in [0.2, 0.25) is 5.91 Å². The summed E-state index contributed by atoms with van der Waals surface area (Å²) >= 11 is 1.58. The predicted octanol–water partition coefficient (Wildman–Crippen LogP) is 1.89. The lowest BCUT2D eigenvalue weighted by atomic mass is 10.1. The average molecular weight is 247 g/mol. The van der Waals surface area contributed by atoms with Crippen LogP contribution in [0.15, 0.2) is 0 Å². The lowest BCUT2D eigenvalue weighted by Crippen LogP contribution is -2.41. The summed E-state index contributed by atoms with van der Waals surface area (Å²) in [6.07, 6.45) is 5.73. The van der Waals surface area contributed by atoms with Crippen molar-refractivity contribution in [3.63, 3.8) is 0 Å². The fourth-order valence-corrected chi connectivity index (χ4v) is 1.77. The van der Waals surface area contributed by atoms with E-state index < -0.39 is 12.0 Å². The molecule has 0 aromatic carbocycles. The van der Waals surface area contributed by atoms with Crippen molar-refractivity contribution in [1.29, 1.82) is 0 Å². The molecular weight excluding hydrogens is 226 g/mol. The summed E-state index contributed by atoms with van der Waals surface area (Å²) in [5, 5.41) is 11.5. The number of carbonyl (C=O) groups excluding carboxylic acids is 1. The molecule has 0 aromatic rings. The molecule has 2 N–H and O–H groups in total. The van der Waals surface area contributed by atoms with E-state index in [-0.39, 0.29) is 5.91 Å². The summed E-state index contributed by atoms with van der Waals surface area (Å²) in [5.41, 5.74) is 0. The Kier molecular flexibility index (Phi) is 9.09. The molecule has 1 atom stereocenters. The average Bonchev–Trinajstić information content (AvgIpc) is 2.24. The van der Waals surface area contributed by atoms with Crippen molar-refractivity contribution in [3.8, 4) is 0 Å². The fourth-order valence-electron chi connectivity index (χ4n) is 1.30. The van der Waals surface area contributed by atoms with E-state index in [1.807, 2.05) is 6.26 Å². The van der Waals surface area contributed by atoms with Gasteiger partial charge in [-0.25, -0.2) is 4.79 Å². The minimum absolute atomic E-state index is 0.151. The SMILES string of the molecule is CCCCCC(=O)N[C@@H](CCSC)C(=O)O. The maximum Gasteiger partial charge on any atom is 0.326 e. The van der Waals surface area contributed by atoms with Crippen molar-refractivity contribution in [2.75, 3.05) is 12.0 Å². The van der Waals surface area contributed by atoms with Crippen molar-refractivity contribution in [1.82, 2.24) is 5.32 Å². The third-order valence-electron chi connectivity index (χ3n) is 2.25. The Labute approximate surface area is 101 Å². The van der Waals surface area contributed by atoms with Gasteiger partial charge in [0.15, 0.2) is 0 Å². The van der Waals surface area contributed by atoms with Crippen LogP contribution in [0, 0.1) is 0 Å². The largest absolute Gasteiger partial charge is 0.480 e. The smallest absolute Gasteiger partial charge is 0.326 e. The Morgan fingerprint density at radius 1 is 1.38 bits per heavy atom. The van der Waals surface area contributed by atoms with Crippen molar-refractivity contribution < 1.29 is 14.7 Å². The molecule has 94 valence electrons. The van der Waals surface area contributed by atoms with Gasteiger partial charge in [-0.3, -0.25) is 4.79 Å². The standard InChI is InChI=1S/C11H21NO3S/c1-3-4-5-6-10(13)12-9(11(14)15)7-8-16-2/h9H,3-8H2,1-2H3,(H,12,13)(H,14,15)/t9-/m0/s1. The topological polar surface area (TPSA) is 66.4 Å². The molecule has 4 nitrogen and oxygen atoms in total. The van der Waals surface area contributed by atoms with Crippen LogP contribution in [0.4, 0.5) is 0 Å². The van der Waals surface area contributed by atoms with Crippen molar-refractivity contribution >= 4 is 23.6 Å². The molecule has 0 aromatic heterocycles. The van der Waals surface area contributed by atoms with Gasteiger partial charge in [0.25, 0.3) is 0 Å². The van der Waals surface area contributed by atoms with Crippen LogP contribution in [0.1, 0.15) is 39.0 Å². The highest BCUT2D eigenvalue weighted by molar-refractivity contribution is 7.98. The first-order chi connectivity index (χ1) is 7.61. The molecule has 0 aliphatic heterocycles. The predicted molar refractivity (Wildman–Crippen MR) is 66.7 cm³/mol. The summed E-state index contributed by atoms with van der Waals surface area (Å²) in [6, 6.07) is -0.735. The van der Waals surface area contributed by atoms with Crippen LogP contribution in [0.3, 0.4) is 0 Å². The zero-order chi connectivity index (χ0) is 12.4. The number of thioether (sulfide) groups is 1. The van der Waals surface area contributed by atoms with Crippen LogP contribution in [-0.2, 0) is 9.59 Å². The second-order valence-corrected chi connectivity index (χ2v) is 4.68. The first-order valence-electron chi connectivity index (χ1n) is 5.63. The summed E-state index contributed by atoms with van der Waals surface area (Å²) in [6.45, 7) is 2.07. The van der Waals surface area contributed by atoms with E-state index in [0.29, 0.717) is 12.8 Å². The van der Waals surface area contributed by atoms with Gasteiger partial charge in [-0.15, -0.1) is 0 Å². The molecule has 0 fully saturated rings. The van der Waals surface area contributed by atoms with Gasteiger partial charge in [0.1, 0.15) is 6.04 Å². The molecule has 0 unspecified atom stereocenters. The van der Waals surface area contributed by atoms with E-state index >= 15 is 0 Å². The molecule has 0 spiro atoms. The monoisotopic (exact) mass is 247 g/mol. The lowest BCUT2D eigenvalue weighted by Gasteiger charge is -2.13. The Morgan fingerprint density at radius 2 is 2.06 bits per heavy atom. The highest BCUT2D eigenvalue weighted by Gasteiger charge is 2.18. The van der Waals surface area contributed by atoms with E-state index in [1.54, 1.807) is 11.8 Å². The minimum Gasteiger partial charge on any atom is -0.480 e. The molecule has 0 bridgehead atoms. The van der Waals surface area contributed by atoms with Crippen LogP contribution in [0.5, 0.6) is 0 Å². The third kappa shape index (κ3) is 7.56. The van der Waals surface area contributed by atoms with Crippen LogP contribution >= 0.6 is 11.8 Å². The zero-order valence-corrected chi connectivity index (χ0v) is 10.8. The highest BCUT2D eigenvalue weighted by atomic mass is 32.2. The number of hydrogen-bond acceptors (Lipinski definition) is 3. The number of unbranched alkanes of at least 4 members (excludes halogenated alkanes) is 2. The van der Waals surface area contributed by atoms with E-state index in [0.717, 1.165) is 25.0 Å². The lowest BCUT2D eigenvalue weighted by molar-refractivity contribution is -0.141. The Morgan fingerprint density at radius 3 is 2.56 bits per heavy atom. The van der Waals surface area contributed by atoms with E-state index in [2.05, 4.69) is 12.2 Å². The molecule has 1 amide bonds. The second-order valence-electron chi connectivity index (χ2n) is 3.70. The van der Waals surface area contributed by atoms with Gasteiger partial charge >= 0.3 is 5.97 Å². The number of nitrogens with one attached hydrogen (secondary N) is 1. The first-order valence-corrected chi connectivity index (χ1v) is 7.02. The minimum atomic E-state index is -0.946. The number of carboxylic acids is 1. The molecule has 0 saturated heterocycles. The molecule has 0 aliphatic rings. The van der Waals surface area contributed by atoms with E-state index in [9.17, 15) is 9.59 Å². The molecule has 0 aliphatic carbocycles. The van der Waals surface area contributed by atoms with Crippen molar-refractivity contribution in [2.45, 2.75) is 45.1 Å². The molecule has 5 heteroatoms. The maximum absolute atomic E-state index is 11.4. The normalized spacial score (nSPS) is 12.1. The number of aliphatic carboxylic acids is 1. The van der Waals surface area contributed by atoms with Crippen molar-refractivity contribution in [2.24, 2.45) is 0 Å². The number of rotatable bonds is 9. The van der Waals surface area contributed by atoms with Crippen LogP contribution < -0.4 is 5.32 Å². The molecule has 16 heavy (non-hydrogen) atoms. The molecule has 0 radical (unpaired) electrons.